The Hall–Kier alpha value is -3.30. The molecule has 1 fully saturated rings. The van der Waals surface area contributed by atoms with Gasteiger partial charge in [-0.1, -0.05) is 44.2 Å². The first kappa shape index (κ1) is 27.7. The highest BCUT2D eigenvalue weighted by molar-refractivity contribution is 7.89. The maximum atomic E-state index is 13.2. The molecule has 4 rings (SSSR count). The highest BCUT2D eigenvalue weighted by atomic mass is 32.2. The van der Waals surface area contributed by atoms with Crippen molar-refractivity contribution in [3.8, 4) is 6.07 Å². The summed E-state index contributed by atoms with van der Waals surface area (Å²) in [4.78, 5) is 26.5. The Bertz CT molecular complexity index is 1430. The van der Waals surface area contributed by atoms with Crippen molar-refractivity contribution in [3.63, 3.8) is 0 Å². The zero-order valence-electron chi connectivity index (χ0n) is 21.2. The summed E-state index contributed by atoms with van der Waals surface area (Å²) < 4.78 is 34.4. The van der Waals surface area contributed by atoms with Crippen molar-refractivity contribution in [1.29, 1.82) is 5.26 Å². The van der Waals surface area contributed by atoms with E-state index in [1.165, 1.54) is 27.8 Å². The molecule has 38 heavy (non-hydrogen) atoms. The zero-order valence-corrected chi connectivity index (χ0v) is 22.8. The van der Waals surface area contributed by atoms with Crippen LogP contribution in [0.25, 0.3) is 10.1 Å². The Morgan fingerprint density at radius 1 is 1.18 bits per heavy atom. The number of thiophene rings is 1. The van der Waals surface area contributed by atoms with Gasteiger partial charge in [0.2, 0.25) is 15.9 Å². The number of nitrogens with one attached hydrogen (secondary N) is 2. The number of carbonyl (C=O) groups is 2. The average Bonchev–Trinajstić information content (AvgIpc) is 3.36. The number of benzene rings is 2. The number of hydrogen-bond donors (Lipinski definition) is 2. The third-order valence-electron chi connectivity index (χ3n) is 6.21. The molecule has 2 aromatic carbocycles. The molecule has 2 amide bonds. The second-order valence-electron chi connectivity index (χ2n) is 9.51. The number of rotatable bonds is 9. The Labute approximate surface area is 226 Å². The molecule has 11 heteroatoms. The minimum Gasteiger partial charge on any atom is -0.374 e. The molecule has 1 aliphatic heterocycles. The number of hydrogen-bond acceptors (Lipinski definition) is 7. The lowest BCUT2D eigenvalue weighted by molar-refractivity contribution is -0.124. The molecular formula is C27H30N4O5S2. The van der Waals surface area contributed by atoms with Crippen molar-refractivity contribution in [1.82, 2.24) is 14.9 Å². The lowest BCUT2D eigenvalue weighted by atomic mass is 10.0. The van der Waals surface area contributed by atoms with Crippen LogP contribution in [0.4, 0.5) is 0 Å². The van der Waals surface area contributed by atoms with E-state index in [2.05, 4.69) is 10.6 Å². The van der Waals surface area contributed by atoms with Gasteiger partial charge in [-0.25, -0.2) is 8.42 Å². The first-order valence-electron chi connectivity index (χ1n) is 12.4. The average molecular weight is 555 g/mol. The van der Waals surface area contributed by atoms with Gasteiger partial charge >= 0.3 is 0 Å². The first-order valence-corrected chi connectivity index (χ1v) is 14.6. The monoisotopic (exact) mass is 554 g/mol. The number of carbonyl (C=O) groups excluding carboxylic acids is 2. The van der Waals surface area contributed by atoms with Crippen LogP contribution in [0.3, 0.4) is 0 Å². The third-order valence-corrected chi connectivity index (χ3v) is 9.25. The Kier molecular flexibility index (Phi) is 8.79. The Balaban J connectivity index is 1.39. The molecule has 0 spiro atoms. The molecule has 2 atom stereocenters. The number of ether oxygens (including phenoxy) is 1. The largest absolute Gasteiger partial charge is 0.374 e. The van der Waals surface area contributed by atoms with Crippen LogP contribution in [-0.2, 0) is 19.6 Å². The zero-order chi connectivity index (χ0) is 27.3. The van der Waals surface area contributed by atoms with Gasteiger partial charge in [-0.05, 0) is 42.0 Å². The van der Waals surface area contributed by atoms with E-state index < -0.39 is 22.2 Å². The minimum absolute atomic E-state index is 0.0331. The number of nitriles is 1. The van der Waals surface area contributed by atoms with Gasteiger partial charge in [0.15, 0.2) is 0 Å². The van der Waals surface area contributed by atoms with Crippen LogP contribution in [0, 0.1) is 17.2 Å². The molecular weight excluding hydrogens is 524 g/mol. The van der Waals surface area contributed by atoms with Gasteiger partial charge in [-0.15, -0.1) is 11.3 Å². The first-order chi connectivity index (χ1) is 18.2. The van der Waals surface area contributed by atoms with Gasteiger partial charge in [0.25, 0.3) is 5.91 Å². The number of nitrogens with zero attached hydrogens (tertiary/aromatic N) is 2. The van der Waals surface area contributed by atoms with E-state index in [4.69, 9.17) is 4.74 Å². The molecule has 0 saturated carbocycles. The van der Waals surface area contributed by atoms with Crippen LogP contribution in [0.15, 0.2) is 59.5 Å². The van der Waals surface area contributed by atoms with Gasteiger partial charge in [-0.2, -0.15) is 9.57 Å². The van der Waals surface area contributed by atoms with Gasteiger partial charge in [-0.3, -0.25) is 9.59 Å². The Morgan fingerprint density at radius 3 is 2.66 bits per heavy atom. The molecule has 2 heterocycles. The second-order valence-corrected chi connectivity index (χ2v) is 12.5. The fourth-order valence-electron chi connectivity index (χ4n) is 4.32. The lowest BCUT2D eigenvalue weighted by Gasteiger charge is -2.32. The van der Waals surface area contributed by atoms with Crippen molar-refractivity contribution in [2.75, 3.05) is 26.2 Å². The molecule has 200 valence electrons. The van der Waals surface area contributed by atoms with Crippen molar-refractivity contribution in [3.05, 3.63) is 65.0 Å². The summed E-state index contributed by atoms with van der Waals surface area (Å²) in [5.41, 5.74) is 0.0785. The summed E-state index contributed by atoms with van der Waals surface area (Å²) in [5, 5.41) is 16.0. The van der Waals surface area contributed by atoms with E-state index in [9.17, 15) is 23.3 Å². The van der Waals surface area contributed by atoms with Gasteiger partial charge < -0.3 is 15.4 Å². The van der Waals surface area contributed by atoms with E-state index in [1.54, 1.807) is 12.1 Å². The van der Waals surface area contributed by atoms with Crippen LogP contribution in [0.1, 0.15) is 35.5 Å². The second kappa shape index (κ2) is 12.0. The smallest absolute Gasteiger partial charge is 0.262 e. The molecule has 0 radical (unpaired) electrons. The van der Waals surface area contributed by atoms with Gasteiger partial charge in [0.1, 0.15) is 12.1 Å². The molecule has 1 unspecified atom stereocenters. The lowest BCUT2D eigenvalue weighted by Crippen LogP contribution is -2.52. The number of amides is 2. The van der Waals surface area contributed by atoms with Crippen molar-refractivity contribution >= 4 is 43.3 Å². The summed E-state index contributed by atoms with van der Waals surface area (Å²) in [6.07, 6.45) is -0.130. The molecule has 2 N–H and O–H groups in total. The fourth-order valence-corrected chi connectivity index (χ4v) is 6.88. The summed E-state index contributed by atoms with van der Waals surface area (Å²) in [6, 6.07) is 16.8. The van der Waals surface area contributed by atoms with Crippen molar-refractivity contribution in [2.24, 2.45) is 5.92 Å². The molecule has 1 saturated heterocycles. The normalized spacial score (nSPS) is 17.2. The fraction of sp³-hybridized carbons (Fsp3) is 0.370. The molecule has 1 aliphatic rings. The summed E-state index contributed by atoms with van der Waals surface area (Å²) in [5.74, 6) is -0.513. The number of sulfonamides is 1. The molecule has 3 aromatic rings. The maximum Gasteiger partial charge on any atom is 0.262 e. The predicted octanol–water partition coefficient (Wildman–Crippen LogP) is 3.12. The number of fused-ring (bicyclic) bond motifs is 1. The topological polar surface area (TPSA) is 129 Å². The third kappa shape index (κ3) is 6.39. The van der Waals surface area contributed by atoms with Crippen LogP contribution in [-0.4, -0.2) is 62.9 Å². The SMILES string of the molecule is CC(C)C[C@H](NC(=O)c1cc2ccccc2s1)C(=O)NCC1CN(S(=O)(=O)c2ccccc2C#N)CCO1. The van der Waals surface area contributed by atoms with Crippen LogP contribution < -0.4 is 10.6 Å². The van der Waals surface area contributed by atoms with Crippen molar-refractivity contribution < 1.29 is 22.7 Å². The summed E-state index contributed by atoms with van der Waals surface area (Å²) >= 11 is 1.37. The highest BCUT2D eigenvalue weighted by Gasteiger charge is 2.33. The summed E-state index contributed by atoms with van der Waals surface area (Å²) in [6.45, 7) is 4.36. The number of morpholine rings is 1. The molecule has 0 bridgehead atoms. The van der Waals surface area contributed by atoms with Gasteiger partial charge in [0, 0.05) is 24.3 Å². The van der Waals surface area contributed by atoms with E-state index in [-0.39, 0.29) is 54.4 Å². The quantitative estimate of drug-likeness (QED) is 0.418. The minimum atomic E-state index is -3.90. The van der Waals surface area contributed by atoms with Crippen LogP contribution >= 0.6 is 11.3 Å². The molecule has 1 aromatic heterocycles. The van der Waals surface area contributed by atoms with E-state index >= 15 is 0 Å². The highest BCUT2D eigenvalue weighted by Crippen LogP contribution is 2.25. The Morgan fingerprint density at radius 2 is 1.92 bits per heavy atom. The molecule has 9 nitrogen and oxygen atoms in total. The van der Waals surface area contributed by atoms with E-state index in [1.807, 2.05) is 50.2 Å². The van der Waals surface area contributed by atoms with Gasteiger partial charge in [0.05, 0.1) is 28.0 Å². The standard InChI is InChI=1S/C27H30N4O5S2/c1-18(2)13-22(30-27(33)24-14-19-7-3-5-9-23(19)37-24)26(32)29-16-21-17-31(11-12-36-21)38(34,35)25-10-6-4-8-20(25)15-28/h3-10,14,18,21-22H,11-13,16-17H2,1-2H3,(H,29,32)(H,30,33)/t21?,22-/m0/s1. The maximum absolute atomic E-state index is 13.2. The van der Waals surface area contributed by atoms with E-state index in [0.29, 0.717) is 11.3 Å². The predicted molar refractivity (Wildman–Crippen MR) is 145 cm³/mol. The van der Waals surface area contributed by atoms with Crippen LogP contribution in [0.5, 0.6) is 0 Å². The van der Waals surface area contributed by atoms with Crippen molar-refractivity contribution in [2.45, 2.75) is 37.3 Å². The van der Waals surface area contributed by atoms with Crippen LogP contribution in [0.2, 0.25) is 0 Å². The van der Waals surface area contributed by atoms with E-state index in [0.717, 1.165) is 10.1 Å². The molecule has 0 aliphatic carbocycles. The summed E-state index contributed by atoms with van der Waals surface area (Å²) in [7, 11) is -3.90.